The molecule has 2 aromatic heterocycles. The van der Waals surface area contributed by atoms with Crippen molar-refractivity contribution in [2.75, 3.05) is 19.4 Å². The van der Waals surface area contributed by atoms with Gasteiger partial charge in [-0.15, -0.1) is 16.4 Å². The summed E-state index contributed by atoms with van der Waals surface area (Å²) in [5.74, 6) is 0.778. The van der Waals surface area contributed by atoms with Crippen molar-refractivity contribution >= 4 is 55.6 Å². The Hall–Kier alpha value is -3.85. The van der Waals surface area contributed by atoms with Gasteiger partial charge in [-0.1, -0.05) is 23.4 Å². The van der Waals surface area contributed by atoms with E-state index >= 15 is 0 Å². The first kappa shape index (κ1) is 19.5. The zero-order valence-corrected chi connectivity index (χ0v) is 17.2. The predicted octanol–water partition coefficient (Wildman–Crippen LogP) is 4.55. The van der Waals surface area contributed by atoms with Gasteiger partial charge < -0.3 is 16.0 Å². The summed E-state index contributed by atoms with van der Waals surface area (Å²) in [6, 6.07) is 15.0. The molecule has 0 bridgehead atoms. The van der Waals surface area contributed by atoms with Gasteiger partial charge in [0.2, 0.25) is 0 Å². The molecule has 0 saturated carbocycles. The lowest BCUT2D eigenvalue weighted by Crippen LogP contribution is -2.21. The second kappa shape index (κ2) is 7.88. The lowest BCUT2D eigenvalue weighted by Gasteiger charge is -2.13. The van der Waals surface area contributed by atoms with E-state index in [9.17, 15) is 4.79 Å². The van der Waals surface area contributed by atoms with Gasteiger partial charge in [0.1, 0.15) is 5.82 Å². The van der Waals surface area contributed by atoms with Crippen molar-refractivity contribution in [3.63, 3.8) is 0 Å². The third kappa shape index (κ3) is 3.58. The fraction of sp³-hybridized carbons (Fsp3) is 0.0952. The second-order valence-electron chi connectivity index (χ2n) is 6.85. The van der Waals surface area contributed by atoms with Crippen LogP contribution in [-0.2, 0) is 0 Å². The van der Waals surface area contributed by atoms with E-state index in [1.54, 1.807) is 36.4 Å². The number of fused-ring (bicyclic) bond motifs is 3. The van der Waals surface area contributed by atoms with E-state index < -0.39 is 0 Å². The monoisotopic (exact) mass is 417 g/mol. The van der Waals surface area contributed by atoms with Crippen molar-refractivity contribution in [2.45, 2.75) is 0 Å². The Morgan fingerprint density at radius 1 is 1.13 bits per heavy atom. The molecule has 2 heterocycles. The Balaban J connectivity index is 1.81. The number of hydrogen-bond acceptors (Lipinski definition) is 6. The van der Waals surface area contributed by atoms with Crippen LogP contribution in [0.2, 0.25) is 0 Å². The number of carbonyl (C=O) groups is 1. The lowest BCUT2D eigenvalue weighted by molar-refractivity contribution is 0.0827. The zero-order valence-electron chi connectivity index (χ0n) is 16.4. The zero-order chi connectivity index (χ0) is 21.3. The fourth-order valence-corrected chi connectivity index (χ4v) is 4.12. The molecule has 8 nitrogen and oxygen atoms in total. The SMILES string of the molecule is CN(C)C(=O)c1cccc(Nc2nc3cc(/C(N)=N/N=N)ccc3c3sccc23)c1. The molecule has 0 radical (unpaired) electrons. The highest BCUT2D eigenvalue weighted by Gasteiger charge is 2.13. The van der Waals surface area contributed by atoms with Crippen LogP contribution in [0.1, 0.15) is 15.9 Å². The minimum Gasteiger partial charge on any atom is -0.382 e. The number of pyridine rings is 1. The number of nitrogens with zero attached hydrogens (tertiary/aromatic N) is 4. The van der Waals surface area contributed by atoms with Gasteiger partial charge in [-0.3, -0.25) is 4.79 Å². The summed E-state index contributed by atoms with van der Waals surface area (Å²) in [4.78, 5) is 18.6. The van der Waals surface area contributed by atoms with Crippen LogP contribution in [0.4, 0.5) is 11.5 Å². The Kier molecular flexibility index (Phi) is 5.11. The molecule has 2 aromatic carbocycles. The largest absolute Gasteiger partial charge is 0.382 e. The highest BCUT2D eigenvalue weighted by molar-refractivity contribution is 7.18. The topological polar surface area (TPSA) is 120 Å². The number of hydrogen-bond donors (Lipinski definition) is 3. The molecule has 0 unspecified atom stereocenters. The fourth-order valence-electron chi connectivity index (χ4n) is 3.19. The standard InChI is InChI=1S/C21H19N7OS/c1-28(2)21(29)13-4-3-5-14(10-13)24-20-16-8-9-30-18(16)15-7-6-12(11-17(15)25-20)19(22)26-27-23/h3-11H,1-2H3,(H,24,25)(H3,22,23,26). The van der Waals surface area contributed by atoms with Crippen molar-refractivity contribution in [1.82, 2.24) is 9.88 Å². The summed E-state index contributed by atoms with van der Waals surface area (Å²) in [7, 11) is 3.45. The molecule has 0 spiro atoms. The van der Waals surface area contributed by atoms with Crippen LogP contribution >= 0.6 is 11.3 Å². The predicted molar refractivity (Wildman–Crippen MR) is 121 cm³/mol. The molecule has 0 atom stereocenters. The summed E-state index contributed by atoms with van der Waals surface area (Å²) in [6.07, 6.45) is 0. The van der Waals surface area contributed by atoms with E-state index in [4.69, 9.17) is 16.2 Å². The van der Waals surface area contributed by atoms with E-state index in [0.29, 0.717) is 16.9 Å². The number of nitrogens with two attached hydrogens (primary N) is 1. The van der Waals surface area contributed by atoms with Crippen molar-refractivity contribution < 1.29 is 4.79 Å². The van der Waals surface area contributed by atoms with Crippen LogP contribution in [0.5, 0.6) is 0 Å². The number of carbonyl (C=O) groups excluding carboxylic acids is 1. The third-order valence-electron chi connectivity index (χ3n) is 4.63. The number of nitrogens with one attached hydrogen (secondary N) is 2. The maximum absolute atomic E-state index is 12.3. The highest BCUT2D eigenvalue weighted by atomic mass is 32.1. The summed E-state index contributed by atoms with van der Waals surface area (Å²) in [6.45, 7) is 0. The minimum atomic E-state index is -0.0648. The van der Waals surface area contributed by atoms with Crippen LogP contribution in [0.25, 0.3) is 21.0 Å². The molecular formula is C21H19N7OS. The summed E-state index contributed by atoms with van der Waals surface area (Å²) in [5, 5.41) is 13.9. The smallest absolute Gasteiger partial charge is 0.253 e. The molecule has 1 amide bonds. The van der Waals surface area contributed by atoms with Gasteiger partial charge >= 0.3 is 0 Å². The molecule has 0 fully saturated rings. The van der Waals surface area contributed by atoms with Crippen LogP contribution in [0, 0.1) is 5.53 Å². The van der Waals surface area contributed by atoms with E-state index in [2.05, 4.69) is 15.6 Å². The van der Waals surface area contributed by atoms with Gasteiger partial charge in [0, 0.05) is 46.4 Å². The summed E-state index contributed by atoms with van der Waals surface area (Å²) >= 11 is 1.63. The van der Waals surface area contributed by atoms with Gasteiger partial charge in [-0.05, 0) is 35.7 Å². The van der Waals surface area contributed by atoms with Crippen molar-refractivity contribution in [1.29, 1.82) is 5.53 Å². The van der Waals surface area contributed by atoms with Crippen LogP contribution in [0.15, 0.2) is 64.2 Å². The second-order valence-corrected chi connectivity index (χ2v) is 7.76. The molecule has 30 heavy (non-hydrogen) atoms. The first-order chi connectivity index (χ1) is 14.5. The maximum Gasteiger partial charge on any atom is 0.253 e. The van der Waals surface area contributed by atoms with Gasteiger partial charge in [0.05, 0.1) is 5.52 Å². The summed E-state index contributed by atoms with van der Waals surface area (Å²) in [5.41, 5.74) is 15.5. The first-order valence-electron chi connectivity index (χ1n) is 9.08. The molecule has 150 valence electrons. The normalized spacial score (nSPS) is 11.6. The quantitative estimate of drug-likeness (QED) is 0.191. The molecule has 9 heteroatoms. The maximum atomic E-state index is 12.3. The number of anilines is 2. The number of benzene rings is 2. The number of aromatic nitrogens is 1. The molecule has 0 saturated heterocycles. The Morgan fingerprint density at radius 3 is 2.73 bits per heavy atom. The number of amides is 1. The third-order valence-corrected chi connectivity index (χ3v) is 5.57. The van der Waals surface area contributed by atoms with Crippen LogP contribution < -0.4 is 11.1 Å². The molecule has 0 aliphatic rings. The molecule has 4 aromatic rings. The molecule has 4 N–H and O–H groups in total. The van der Waals surface area contributed by atoms with Gasteiger partial charge in [0.25, 0.3) is 5.91 Å². The highest BCUT2D eigenvalue weighted by Crippen LogP contribution is 2.35. The van der Waals surface area contributed by atoms with Gasteiger partial charge in [-0.25, -0.2) is 4.98 Å². The van der Waals surface area contributed by atoms with Crippen LogP contribution in [0.3, 0.4) is 0 Å². The lowest BCUT2D eigenvalue weighted by atomic mass is 10.1. The Bertz CT molecular complexity index is 1310. The minimum absolute atomic E-state index is 0.0648. The Morgan fingerprint density at radius 2 is 1.97 bits per heavy atom. The number of thiophene rings is 1. The van der Waals surface area contributed by atoms with E-state index in [1.807, 2.05) is 47.8 Å². The average molecular weight is 417 g/mol. The number of amidine groups is 1. The number of rotatable bonds is 5. The Labute approximate surface area is 176 Å². The van der Waals surface area contributed by atoms with E-state index in [-0.39, 0.29) is 11.7 Å². The summed E-state index contributed by atoms with van der Waals surface area (Å²) < 4.78 is 1.09. The van der Waals surface area contributed by atoms with E-state index in [1.165, 1.54) is 0 Å². The average Bonchev–Trinajstić information content (AvgIpc) is 3.23. The van der Waals surface area contributed by atoms with Crippen molar-refractivity contribution in [3.05, 3.63) is 65.0 Å². The van der Waals surface area contributed by atoms with Crippen molar-refractivity contribution in [2.24, 2.45) is 16.1 Å². The van der Waals surface area contributed by atoms with Crippen LogP contribution in [-0.4, -0.2) is 35.7 Å². The molecule has 0 aliphatic heterocycles. The van der Waals surface area contributed by atoms with Gasteiger partial charge in [0.15, 0.2) is 5.84 Å². The van der Waals surface area contributed by atoms with Gasteiger partial charge in [-0.2, -0.15) is 5.53 Å². The molecular weight excluding hydrogens is 398 g/mol. The molecule has 4 rings (SSSR count). The first-order valence-corrected chi connectivity index (χ1v) is 9.96. The molecule has 0 aliphatic carbocycles. The van der Waals surface area contributed by atoms with E-state index in [0.717, 1.165) is 26.7 Å². The van der Waals surface area contributed by atoms with Crippen molar-refractivity contribution in [3.8, 4) is 0 Å².